The quantitative estimate of drug-likeness (QED) is 0.877. The van der Waals surface area contributed by atoms with Crippen molar-refractivity contribution in [1.29, 1.82) is 0 Å². The van der Waals surface area contributed by atoms with Gasteiger partial charge in [0, 0.05) is 18.1 Å². The number of alkyl halides is 3. The van der Waals surface area contributed by atoms with Gasteiger partial charge in [-0.25, -0.2) is 9.97 Å². The van der Waals surface area contributed by atoms with E-state index in [0.29, 0.717) is 32.1 Å². The van der Waals surface area contributed by atoms with Crippen molar-refractivity contribution in [3.05, 3.63) is 46.9 Å². The number of morpholine rings is 1. The van der Waals surface area contributed by atoms with E-state index in [0.717, 1.165) is 12.1 Å². The number of aromatic nitrogens is 2. The average molecular weight is 387 g/mol. The molecule has 138 valence electrons. The van der Waals surface area contributed by atoms with Gasteiger partial charge in [0.1, 0.15) is 11.5 Å². The zero-order valence-corrected chi connectivity index (χ0v) is 14.1. The summed E-state index contributed by atoms with van der Waals surface area (Å²) in [5.74, 6) is -0.217. The number of carbonyl (C=O) groups is 1. The first-order chi connectivity index (χ1) is 12.3. The van der Waals surface area contributed by atoms with Crippen LogP contribution < -0.4 is 10.2 Å². The lowest BCUT2D eigenvalue weighted by atomic mass is 10.1. The fourth-order valence-electron chi connectivity index (χ4n) is 2.44. The van der Waals surface area contributed by atoms with Crippen molar-refractivity contribution in [2.24, 2.45) is 0 Å². The molecular formula is C16H14ClF3N4O2. The highest BCUT2D eigenvalue weighted by molar-refractivity contribution is 6.30. The molecule has 1 aliphatic heterocycles. The van der Waals surface area contributed by atoms with Crippen LogP contribution in [0.4, 0.5) is 24.7 Å². The van der Waals surface area contributed by atoms with Crippen LogP contribution in [0, 0.1) is 0 Å². The maximum atomic E-state index is 13.1. The lowest BCUT2D eigenvalue weighted by Crippen LogP contribution is -2.36. The van der Waals surface area contributed by atoms with Crippen molar-refractivity contribution in [2.45, 2.75) is 6.18 Å². The van der Waals surface area contributed by atoms with Crippen molar-refractivity contribution in [3.8, 4) is 0 Å². The molecule has 0 spiro atoms. The Kier molecular flexibility index (Phi) is 5.28. The summed E-state index contributed by atoms with van der Waals surface area (Å²) in [6, 6.07) is 3.11. The van der Waals surface area contributed by atoms with Crippen molar-refractivity contribution < 1.29 is 22.7 Å². The second kappa shape index (κ2) is 7.46. The summed E-state index contributed by atoms with van der Waals surface area (Å²) in [5.41, 5.74) is -1.52. The third kappa shape index (κ3) is 4.23. The standard InChI is InChI=1S/C16H14ClF3N4O2/c17-10-1-2-12(11(7-10)16(18,19)20)23-15(25)13-8-22-14(9-21-13)24-3-5-26-6-4-24/h1-2,7-9H,3-6H2,(H,23,25). The highest BCUT2D eigenvalue weighted by Gasteiger charge is 2.34. The minimum absolute atomic E-state index is 0.0787. The van der Waals surface area contributed by atoms with Gasteiger partial charge in [0.15, 0.2) is 0 Å². The maximum Gasteiger partial charge on any atom is 0.418 e. The number of hydrogen-bond donors (Lipinski definition) is 1. The Hall–Kier alpha value is -2.39. The zero-order valence-electron chi connectivity index (χ0n) is 13.4. The van der Waals surface area contributed by atoms with Crippen LogP contribution in [0.1, 0.15) is 16.1 Å². The van der Waals surface area contributed by atoms with Crippen LogP contribution >= 0.6 is 11.6 Å². The number of carbonyl (C=O) groups excluding carboxylic acids is 1. The average Bonchev–Trinajstić information content (AvgIpc) is 2.63. The van der Waals surface area contributed by atoms with E-state index < -0.39 is 23.3 Å². The molecule has 1 saturated heterocycles. The van der Waals surface area contributed by atoms with Gasteiger partial charge in [-0.1, -0.05) is 11.6 Å². The van der Waals surface area contributed by atoms with E-state index in [1.807, 2.05) is 4.90 Å². The summed E-state index contributed by atoms with van der Waals surface area (Å²) in [4.78, 5) is 22.3. The predicted molar refractivity (Wildman–Crippen MR) is 89.5 cm³/mol. The molecule has 0 bridgehead atoms. The molecule has 0 aliphatic carbocycles. The molecular weight excluding hydrogens is 373 g/mol. The van der Waals surface area contributed by atoms with Crippen LogP contribution in [0.3, 0.4) is 0 Å². The number of nitrogens with one attached hydrogen (secondary N) is 1. The summed E-state index contributed by atoms with van der Waals surface area (Å²) in [5, 5.41) is 2.13. The van der Waals surface area contributed by atoms with E-state index in [1.54, 1.807) is 0 Å². The Bertz CT molecular complexity index is 793. The van der Waals surface area contributed by atoms with Crippen molar-refractivity contribution in [2.75, 3.05) is 36.5 Å². The van der Waals surface area contributed by atoms with E-state index in [2.05, 4.69) is 15.3 Å². The molecule has 1 aromatic heterocycles. The molecule has 10 heteroatoms. The van der Waals surface area contributed by atoms with Gasteiger partial charge in [-0.15, -0.1) is 0 Å². The van der Waals surface area contributed by atoms with E-state index >= 15 is 0 Å². The molecule has 0 unspecified atom stereocenters. The van der Waals surface area contributed by atoms with Gasteiger partial charge in [0.05, 0.1) is 36.9 Å². The van der Waals surface area contributed by atoms with Crippen LogP contribution in [0.2, 0.25) is 5.02 Å². The van der Waals surface area contributed by atoms with E-state index in [9.17, 15) is 18.0 Å². The van der Waals surface area contributed by atoms with Crippen LogP contribution in [0.25, 0.3) is 0 Å². The van der Waals surface area contributed by atoms with Crippen molar-refractivity contribution in [3.63, 3.8) is 0 Å². The topological polar surface area (TPSA) is 67.4 Å². The second-order valence-corrected chi connectivity index (χ2v) is 5.94. The number of benzene rings is 1. The minimum Gasteiger partial charge on any atom is -0.378 e. The first-order valence-electron chi connectivity index (χ1n) is 7.67. The molecule has 2 heterocycles. The third-order valence-corrected chi connectivity index (χ3v) is 3.98. The van der Waals surface area contributed by atoms with Gasteiger partial charge in [0.2, 0.25) is 0 Å². The Morgan fingerprint density at radius 2 is 1.92 bits per heavy atom. The maximum absolute atomic E-state index is 13.1. The molecule has 0 radical (unpaired) electrons. The Morgan fingerprint density at radius 1 is 1.19 bits per heavy atom. The summed E-state index contributed by atoms with van der Waals surface area (Å²) in [7, 11) is 0. The molecule has 1 N–H and O–H groups in total. The van der Waals surface area contributed by atoms with Gasteiger partial charge in [-0.2, -0.15) is 13.2 Å². The fraction of sp³-hybridized carbons (Fsp3) is 0.312. The third-order valence-electron chi connectivity index (χ3n) is 3.74. The Morgan fingerprint density at radius 3 is 2.54 bits per heavy atom. The number of nitrogens with zero attached hydrogens (tertiary/aromatic N) is 3. The highest BCUT2D eigenvalue weighted by atomic mass is 35.5. The number of amides is 1. The Balaban J connectivity index is 1.76. The molecule has 6 nitrogen and oxygen atoms in total. The van der Waals surface area contributed by atoms with Crippen LogP contribution in [0.15, 0.2) is 30.6 Å². The number of ether oxygens (including phenoxy) is 1. The van der Waals surface area contributed by atoms with E-state index in [-0.39, 0.29) is 10.7 Å². The number of anilines is 2. The molecule has 2 aromatic rings. The first-order valence-corrected chi connectivity index (χ1v) is 8.05. The SMILES string of the molecule is O=C(Nc1ccc(Cl)cc1C(F)(F)F)c1cnc(N2CCOCC2)cn1. The van der Waals surface area contributed by atoms with Crippen LogP contribution in [-0.4, -0.2) is 42.2 Å². The number of halogens is 4. The van der Waals surface area contributed by atoms with Gasteiger partial charge < -0.3 is 15.0 Å². The normalized spacial score (nSPS) is 15.0. The predicted octanol–water partition coefficient (Wildman–Crippen LogP) is 3.24. The molecule has 26 heavy (non-hydrogen) atoms. The second-order valence-electron chi connectivity index (χ2n) is 5.50. The van der Waals surface area contributed by atoms with Gasteiger partial charge in [-0.05, 0) is 18.2 Å². The molecule has 3 rings (SSSR count). The lowest BCUT2D eigenvalue weighted by Gasteiger charge is -2.27. The van der Waals surface area contributed by atoms with Crippen LogP contribution in [-0.2, 0) is 10.9 Å². The number of rotatable bonds is 3. The van der Waals surface area contributed by atoms with Crippen molar-refractivity contribution >= 4 is 29.0 Å². The van der Waals surface area contributed by atoms with Gasteiger partial charge in [0.25, 0.3) is 5.91 Å². The lowest BCUT2D eigenvalue weighted by molar-refractivity contribution is -0.136. The van der Waals surface area contributed by atoms with Crippen molar-refractivity contribution in [1.82, 2.24) is 9.97 Å². The van der Waals surface area contributed by atoms with Crippen LogP contribution in [0.5, 0.6) is 0 Å². The molecule has 0 atom stereocenters. The summed E-state index contributed by atoms with van der Waals surface area (Å²) in [6.07, 6.45) is -2.02. The zero-order chi connectivity index (χ0) is 18.7. The molecule has 1 aromatic carbocycles. The summed E-state index contributed by atoms with van der Waals surface area (Å²) >= 11 is 5.62. The summed E-state index contributed by atoms with van der Waals surface area (Å²) < 4.78 is 44.5. The minimum atomic E-state index is -4.65. The number of hydrogen-bond acceptors (Lipinski definition) is 5. The summed E-state index contributed by atoms with van der Waals surface area (Å²) in [6.45, 7) is 2.45. The molecule has 0 saturated carbocycles. The highest BCUT2D eigenvalue weighted by Crippen LogP contribution is 2.36. The largest absolute Gasteiger partial charge is 0.418 e. The molecule has 1 fully saturated rings. The van der Waals surface area contributed by atoms with Gasteiger partial charge >= 0.3 is 6.18 Å². The van der Waals surface area contributed by atoms with E-state index in [4.69, 9.17) is 16.3 Å². The molecule has 1 aliphatic rings. The first kappa shape index (κ1) is 18.4. The Labute approximate surface area is 151 Å². The molecule has 1 amide bonds. The van der Waals surface area contributed by atoms with Gasteiger partial charge in [-0.3, -0.25) is 4.79 Å². The fourth-order valence-corrected chi connectivity index (χ4v) is 2.61. The monoisotopic (exact) mass is 386 g/mol. The van der Waals surface area contributed by atoms with E-state index in [1.165, 1.54) is 18.5 Å². The smallest absolute Gasteiger partial charge is 0.378 e.